The number of nitrogens with one attached hydrogen (secondary N) is 2. The van der Waals surface area contributed by atoms with Crippen molar-refractivity contribution in [1.82, 2.24) is 10.3 Å². The summed E-state index contributed by atoms with van der Waals surface area (Å²) in [5.41, 5.74) is 1.45. The molecule has 0 bridgehead atoms. The number of thiazole rings is 1. The van der Waals surface area contributed by atoms with Gasteiger partial charge in [0.25, 0.3) is 5.91 Å². The van der Waals surface area contributed by atoms with Crippen molar-refractivity contribution < 1.29 is 4.79 Å². The highest BCUT2D eigenvalue weighted by atomic mass is 32.1. The third-order valence-corrected chi connectivity index (χ3v) is 2.90. The SMILES string of the molecule is C=CCNC(=O)c1cccc(Nc2nccs2)c1. The molecule has 0 fully saturated rings. The van der Waals surface area contributed by atoms with Gasteiger partial charge in [-0.15, -0.1) is 17.9 Å². The van der Waals surface area contributed by atoms with Crippen molar-refractivity contribution >= 4 is 28.1 Å². The molecular formula is C13H13N3OS. The molecule has 2 rings (SSSR count). The standard InChI is InChI=1S/C13H13N3OS/c1-2-6-14-12(17)10-4-3-5-11(9-10)16-13-15-7-8-18-13/h2-5,7-9H,1,6H2,(H,14,17)(H,15,16). The topological polar surface area (TPSA) is 54.0 Å². The van der Waals surface area contributed by atoms with E-state index in [9.17, 15) is 4.79 Å². The Morgan fingerprint density at radius 2 is 2.39 bits per heavy atom. The van der Waals surface area contributed by atoms with E-state index in [1.165, 1.54) is 11.3 Å². The third-order valence-electron chi connectivity index (χ3n) is 2.22. The van der Waals surface area contributed by atoms with Crippen LogP contribution in [0, 0.1) is 0 Å². The number of hydrogen-bond acceptors (Lipinski definition) is 4. The lowest BCUT2D eigenvalue weighted by Gasteiger charge is -2.06. The molecule has 2 aromatic rings. The predicted octanol–water partition coefficient (Wildman–Crippen LogP) is 2.80. The second-order valence-electron chi connectivity index (χ2n) is 3.54. The Hall–Kier alpha value is -2.14. The lowest BCUT2D eigenvalue weighted by Crippen LogP contribution is -2.23. The maximum Gasteiger partial charge on any atom is 0.251 e. The van der Waals surface area contributed by atoms with E-state index in [1.54, 1.807) is 24.4 Å². The fourth-order valence-corrected chi connectivity index (χ4v) is 1.96. The fraction of sp³-hybridized carbons (Fsp3) is 0.0769. The lowest BCUT2D eigenvalue weighted by atomic mass is 10.2. The number of carbonyl (C=O) groups is 1. The van der Waals surface area contributed by atoms with Crippen LogP contribution in [0.5, 0.6) is 0 Å². The van der Waals surface area contributed by atoms with Crippen LogP contribution in [0.15, 0.2) is 48.5 Å². The van der Waals surface area contributed by atoms with Crippen LogP contribution in [0.2, 0.25) is 0 Å². The molecule has 1 heterocycles. The number of aromatic nitrogens is 1. The average Bonchev–Trinajstić information content (AvgIpc) is 2.89. The second kappa shape index (κ2) is 5.97. The third kappa shape index (κ3) is 3.18. The quantitative estimate of drug-likeness (QED) is 0.812. The Bertz CT molecular complexity index is 537. The van der Waals surface area contributed by atoms with Crippen molar-refractivity contribution in [2.45, 2.75) is 0 Å². The second-order valence-corrected chi connectivity index (χ2v) is 4.44. The van der Waals surface area contributed by atoms with Gasteiger partial charge < -0.3 is 10.6 Å². The van der Waals surface area contributed by atoms with Crippen molar-refractivity contribution in [3.63, 3.8) is 0 Å². The highest BCUT2D eigenvalue weighted by Gasteiger charge is 2.05. The molecule has 1 aromatic heterocycles. The molecule has 4 nitrogen and oxygen atoms in total. The highest BCUT2D eigenvalue weighted by Crippen LogP contribution is 2.19. The van der Waals surface area contributed by atoms with Gasteiger partial charge in [-0.05, 0) is 18.2 Å². The number of rotatable bonds is 5. The van der Waals surface area contributed by atoms with Gasteiger partial charge in [0.2, 0.25) is 0 Å². The number of carbonyl (C=O) groups excluding carboxylic acids is 1. The Kier molecular flexibility index (Phi) is 4.09. The van der Waals surface area contributed by atoms with Crippen LogP contribution in [0.1, 0.15) is 10.4 Å². The zero-order valence-corrected chi connectivity index (χ0v) is 10.5. The summed E-state index contributed by atoms with van der Waals surface area (Å²) in [6, 6.07) is 7.29. The van der Waals surface area contributed by atoms with E-state index < -0.39 is 0 Å². The van der Waals surface area contributed by atoms with Crippen LogP contribution >= 0.6 is 11.3 Å². The normalized spacial score (nSPS) is 9.78. The van der Waals surface area contributed by atoms with Crippen molar-refractivity contribution in [1.29, 1.82) is 0 Å². The van der Waals surface area contributed by atoms with Crippen LogP contribution in [0.4, 0.5) is 10.8 Å². The van der Waals surface area contributed by atoms with E-state index in [0.717, 1.165) is 10.8 Å². The molecule has 92 valence electrons. The first-order chi connectivity index (χ1) is 8.79. The molecular weight excluding hydrogens is 246 g/mol. The summed E-state index contributed by atoms with van der Waals surface area (Å²) < 4.78 is 0. The van der Waals surface area contributed by atoms with Crippen LogP contribution < -0.4 is 10.6 Å². The Labute approximate surface area is 109 Å². The van der Waals surface area contributed by atoms with Gasteiger partial charge in [-0.25, -0.2) is 4.98 Å². The minimum absolute atomic E-state index is 0.113. The largest absolute Gasteiger partial charge is 0.349 e. The first-order valence-corrected chi connectivity index (χ1v) is 6.33. The summed E-state index contributed by atoms with van der Waals surface area (Å²) in [6.45, 7) is 4.02. The number of amides is 1. The summed E-state index contributed by atoms with van der Waals surface area (Å²) >= 11 is 1.51. The number of benzene rings is 1. The smallest absolute Gasteiger partial charge is 0.251 e. The molecule has 1 amide bonds. The molecule has 0 aliphatic carbocycles. The molecule has 0 saturated carbocycles. The monoisotopic (exact) mass is 259 g/mol. The number of nitrogens with zero attached hydrogens (tertiary/aromatic N) is 1. The average molecular weight is 259 g/mol. The summed E-state index contributed by atoms with van der Waals surface area (Å²) in [6.07, 6.45) is 3.38. The zero-order chi connectivity index (χ0) is 12.8. The Morgan fingerprint density at radius 3 is 3.11 bits per heavy atom. The molecule has 0 aliphatic rings. The van der Waals surface area contributed by atoms with Gasteiger partial charge >= 0.3 is 0 Å². The van der Waals surface area contributed by atoms with E-state index in [-0.39, 0.29) is 5.91 Å². The predicted molar refractivity (Wildman–Crippen MR) is 74.4 cm³/mol. The Morgan fingerprint density at radius 1 is 1.50 bits per heavy atom. The van der Waals surface area contributed by atoms with Crippen LogP contribution in [-0.4, -0.2) is 17.4 Å². The summed E-state index contributed by atoms with van der Waals surface area (Å²) in [5, 5.41) is 8.58. The molecule has 0 unspecified atom stereocenters. The van der Waals surface area contributed by atoms with E-state index in [0.29, 0.717) is 12.1 Å². The molecule has 0 radical (unpaired) electrons. The minimum atomic E-state index is -0.113. The number of anilines is 2. The van der Waals surface area contributed by atoms with Crippen molar-refractivity contribution in [3.8, 4) is 0 Å². The van der Waals surface area contributed by atoms with E-state index in [2.05, 4.69) is 22.2 Å². The maximum atomic E-state index is 11.8. The Balaban J connectivity index is 2.09. The summed E-state index contributed by atoms with van der Waals surface area (Å²) in [5.74, 6) is -0.113. The highest BCUT2D eigenvalue weighted by molar-refractivity contribution is 7.13. The van der Waals surface area contributed by atoms with Gasteiger partial charge in [-0.2, -0.15) is 0 Å². The van der Waals surface area contributed by atoms with Gasteiger partial charge in [0.15, 0.2) is 5.13 Å². The number of hydrogen-bond donors (Lipinski definition) is 2. The van der Waals surface area contributed by atoms with Gasteiger partial charge in [0.05, 0.1) is 0 Å². The van der Waals surface area contributed by atoms with Crippen LogP contribution in [-0.2, 0) is 0 Å². The van der Waals surface area contributed by atoms with Gasteiger partial charge in [0, 0.05) is 29.4 Å². The zero-order valence-electron chi connectivity index (χ0n) is 9.72. The molecule has 2 N–H and O–H groups in total. The van der Waals surface area contributed by atoms with E-state index >= 15 is 0 Å². The summed E-state index contributed by atoms with van der Waals surface area (Å²) in [4.78, 5) is 15.9. The first kappa shape index (κ1) is 12.3. The van der Waals surface area contributed by atoms with Gasteiger partial charge in [-0.1, -0.05) is 12.1 Å². The first-order valence-electron chi connectivity index (χ1n) is 5.45. The molecule has 5 heteroatoms. The van der Waals surface area contributed by atoms with E-state index in [1.807, 2.05) is 17.5 Å². The molecule has 0 aliphatic heterocycles. The molecule has 18 heavy (non-hydrogen) atoms. The van der Waals surface area contributed by atoms with Crippen molar-refractivity contribution in [2.24, 2.45) is 0 Å². The fourth-order valence-electron chi connectivity index (χ4n) is 1.41. The molecule has 0 spiro atoms. The summed E-state index contributed by atoms with van der Waals surface area (Å²) in [7, 11) is 0. The minimum Gasteiger partial charge on any atom is -0.349 e. The van der Waals surface area contributed by atoms with Gasteiger partial charge in [0.1, 0.15) is 0 Å². The van der Waals surface area contributed by atoms with Crippen LogP contribution in [0.3, 0.4) is 0 Å². The molecule has 0 atom stereocenters. The van der Waals surface area contributed by atoms with Crippen molar-refractivity contribution in [2.75, 3.05) is 11.9 Å². The van der Waals surface area contributed by atoms with Gasteiger partial charge in [-0.3, -0.25) is 4.79 Å². The van der Waals surface area contributed by atoms with E-state index in [4.69, 9.17) is 0 Å². The van der Waals surface area contributed by atoms with Crippen molar-refractivity contribution in [3.05, 3.63) is 54.1 Å². The molecule has 1 aromatic carbocycles. The molecule has 0 saturated heterocycles. The lowest BCUT2D eigenvalue weighted by molar-refractivity contribution is 0.0958. The maximum absolute atomic E-state index is 11.8. The van der Waals surface area contributed by atoms with Crippen LogP contribution in [0.25, 0.3) is 0 Å².